The van der Waals surface area contributed by atoms with Crippen molar-refractivity contribution >= 4 is 23.2 Å². The van der Waals surface area contributed by atoms with Gasteiger partial charge in [-0.1, -0.05) is 6.07 Å². The van der Waals surface area contributed by atoms with Crippen molar-refractivity contribution in [2.45, 2.75) is 31.8 Å². The number of esters is 1. The SMILES string of the molecule is COC(=O)CCN(CC1CCCO1)C(=O)Cc1cccs1. The van der Waals surface area contributed by atoms with E-state index in [0.717, 1.165) is 24.3 Å². The Kier molecular flexibility index (Phi) is 6.20. The van der Waals surface area contributed by atoms with E-state index in [0.29, 0.717) is 19.5 Å². The Morgan fingerprint density at radius 3 is 3.00 bits per heavy atom. The van der Waals surface area contributed by atoms with Crippen molar-refractivity contribution in [3.8, 4) is 0 Å². The number of carbonyl (C=O) groups excluding carboxylic acids is 2. The highest BCUT2D eigenvalue weighted by atomic mass is 32.1. The molecule has 1 aromatic rings. The monoisotopic (exact) mass is 311 g/mol. The number of hydrogen-bond acceptors (Lipinski definition) is 5. The molecule has 0 aromatic carbocycles. The molecule has 1 fully saturated rings. The van der Waals surface area contributed by atoms with Crippen LogP contribution in [0.1, 0.15) is 24.1 Å². The van der Waals surface area contributed by atoms with Crippen LogP contribution in [0.5, 0.6) is 0 Å². The van der Waals surface area contributed by atoms with Crippen LogP contribution in [0.15, 0.2) is 17.5 Å². The van der Waals surface area contributed by atoms with E-state index >= 15 is 0 Å². The lowest BCUT2D eigenvalue weighted by Crippen LogP contribution is -2.39. The maximum absolute atomic E-state index is 12.4. The number of hydrogen-bond donors (Lipinski definition) is 0. The van der Waals surface area contributed by atoms with E-state index in [9.17, 15) is 9.59 Å². The lowest BCUT2D eigenvalue weighted by Gasteiger charge is -2.25. The van der Waals surface area contributed by atoms with Gasteiger partial charge in [-0.05, 0) is 24.3 Å². The molecule has 1 aromatic heterocycles. The van der Waals surface area contributed by atoms with Gasteiger partial charge in [0.25, 0.3) is 0 Å². The molecular weight excluding hydrogens is 290 g/mol. The third kappa shape index (κ3) is 5.13. The minimum Gasteiger partial charge on any atom is -0.469 e. The molecule has 5 nitrogen and oxygen atoms in total. The van der Waals surface area contributed by atoms with Gasteiger partial charge in [0.1, 0.15) is 0 Å². The topological polar surface area (TPSA) is 55.8 Å². The molecule has 1 saturated heterocycles. The van der Waals surface area contributed by atoms with E-state index in [2.05, 4.69) is 4.74 Å². The number of thiophene rings is 1. The van der Waals surface area contributed by atoms with E-state index in [1.54, 1.807) is 16.2 Å². The molecule has 1 atom stereocenters. The van der Waals surface area contributed by atoms with Gasteiger partial charge in [-0.25, -0.2) is 0 Å². The Morgan fingerprint density at radius 1 is 1.52 bits per heavy atom. The summed E-state index contributed by atoms with van der Waals surface area (Å²) in [6, 6.07) is 3.89. The van der Waals surface area contributed by atoms with Crippen LogP contribution in [-0.4, -0.2) is 49.7 Å². The molecule has 1 unspecified atom stereocenters. The van der Waals surface area contributed by atoms with Crippen LogP contribution >= 0.6 is 11.3 Å². The second kappa shape index (κ2) is 8.14. The van der Waals surface area contributed by atoms with Crippen LogP contribution in [0.3, 0.4) is 0 Å². The van der Waals surface area contributed by atoms with Crippen LogP contribution in [0.4, 0.5) is 0 Å². The van der Waals surface area contributed by atoms with E-state index in [4.69, 9.17) is 4.74 Å². The summed E-state index contributed by atoms with van der Waals surface area (Å²) in [5, 5.41) is 1.96. The first-order chi connectivity index (χ1) is 10.2. The van der Waals surface area contributed by atoms with Gasteiger partial charge in [0.05, 0.1) is 26.1 Å². The van der Waals surface area contributed by atoms with Crippen molar-refractivity contribution in [1.29, 1.82) is 0 Å². The predicted octanol–water partition coefficient (Wildman–Crippen LogP) is 1.86. The first-order valence-electron chi connectivity index (χ1n) is 7.17. The van der Waals surface area contributed by atoms with E-state index < -0.39 is 0 Å². The Bertz CT molecular complexity index is 454. The maximum Gasteiger partial charge on any atom is 0.307 e. The Morgan fingerprint density at radius 2 is 2.38 bits per heavy atom. The molecule has 0 saturated carbocycles. The summed E-state index contributed by atoms with van der Waals surface area (Å²) >= 11 is 1.57. The normalized spacial score (nSPS) is 17.7. The van der Waals surface area contributed by atoms with Gasteiger partial charge in [0.15, 0.2) is 0 Å². The van der Waals surface area contributed by atoms with Crippen LogP contribution in [0, 0.1) is 0 Å². The van der Waals surface area contributed by atoms with Gasteiger partial charge < -0.3 is 14.4 Å². The summed E-state index contributed by atoms with van der Waals surface area (Å²) in [6.07, 6.45) is 2.70. The fraction of sp³-hybridized carbons (Fsp3) is 0.600. The van der Waals surface area contributed by atoms with Gasteiger partial charge in [-0.2, -0.15) is 0 Å². The fourth-order valence-electron chi connectivity index (χ4n) is 2.35. The zero-order valence-corrected chi connectivity index (χ0v) is 13.1. The average molecular weight is 311 g/mol. The number of carbonyl (C=O) groups is 2. The molecule has 0 bridgehead atoms. The van der Waals surface area contributed by atoms with Gasteiger partial charge in [0, 0.05) is 24.6 Å². The summed E-state index contributed by atoms with van der Waals surface area (Å²) < 4.78 is 10.2. The number of amides is 1. The lowest BCUT2D eigenvalue weighted by atomic mass is 10.2. The average Bonchev–Trinajstić information content (AvgIpc) is 3.16. The van der Waals surface area contributed by atoms with Crippen LogP contribution in [0.2, 0.25) is 0 Å². The predicted molar refractivity (Wildman–Crippen MR) is 80.2 cm³/mol. The highest BCUT2D eigenvalue weighted by Crippen LogP contribution is 2.16. The van der Waals surface area contributed by atoms with E-state index in [-0.39, 0.29) is 24.4 Å². The molecule has 1 aliphatic rings. The standard InChI is InChI=1S/C15H21NO4S/c1-19-15(18)6-7-16(11-12-4-2-8-20-12)14(17)10-13-5-3-9-21-13/h3,5,9,12H,2,4,6-8,10-11H2,1H3. The summed E-state index contributed by atoms with van der Waals surface area (Å²) in [7, 11) is 1.36. The quantitative estimate of drug-likeness (QED) is 0.721. The first-order valence-corrected chi connectivity index (χ1v) is 8.05. The van der Waals surface area contributed by atoms with Gasteiger partial charge in [0.2, 0.25) is 5.91 Å². The van der Waals surface area contributed by atoms with Crippen LogP contribution in [-0.2, 0) is 25.5 Å². The molecule has 6 heteroatoms. The van der Waals surface area contributed by atoms with E-state index in [1.165, 1.54) is 7.11 Å². The maximum atomic E-state index is 12.4. The van der Waals surface area contributed by atoms with Crippen molar-refractivity contribution in [2.75, 3.05) is 26.8 Å². The minimum atomic E-state index is -0.295. The zero-order valence-electron chi connectivity index (χ0n) is 12.2. The number of rotatable bonds is 7. The van der Waals surface area contributed by atoms with Gasteiger partial charge in [-0.3, -0.25) is 9.59 Å². The minimum absolute atomic E-state index is 0.0388. The third-order valence-electron chi connectivity index (χ3n) is 3.52. The number of nitrogens with zero attached hydrogens (tertiary/aromatic N) is 1. The fourth-order valence-corrected chi connectivity index (χ4v) is 3.05. The molecular formula is C15H21NO4S. The molecule has 0 radical (unpaired) electrons. The van der Waals surface area contributed by atoms with Gasteiger partial charge >= 0.3 is 5.97 Å². The Balaban J connectivity index is 1.92. The molecule has 116 valence electrons. The van der Waals surface area contributed by atoms with Gasteiger partial charge in [-0.15, -0.1) is 11.3 Å². The molecule has 1 amide bonds. The second-order valence-corrected chi connectivity index (χ2v) is 6.09. The van der Waals surface area contributed by atoms with Crippen molar-refractivity contribution in [2.24, 2.45) is 0 Å². The number of methoxy groups -OCH3 is 1. The Labute approximate surface area is 128 Å². The summed E-state index contributed by atoms with van der Waals surface area (Å²) in [6.45, 7) is 1.70. The van der Waals surface area contributed by atoms with E-state index in [1.807, 2.05) is 17.5 Å². The summed E-state index contributed by atoms with van der Waals surface area (Å²) in [5.41, 5.74) is 0. The van der Waals surface area contributed by atoms with Crippen molar-refractivity contribution in [3.05, 3.63) is 22.4 Å². The van der Waals surface area contributed by atoms with Crippen LogP contribution < -0.4 is 0 Å². The highest BCUT2D eigenvalue weighted by molar-refractivity contribution is 7.10. The molecule has 2 heterocycles. The smallest absolute Gasteiger partial charge is 0.307 e. The molecule has 2 rings (SSSR count). The van der Waals surface area contributed by atoms with Crippen molar-refractivity contribution < 1.29 is 19.1 Å². The molecule has 0 N–H and O–H groups in total. The lowest BCUT2D eigenvalue weighted by molar-refractivity contribution is -0.142. The summed E-state index contributed by atoms with van der Waals surface area (Å²) in [5.74, 6) is -0.256. The molecule has 0 aliphatic carbocycles. The second-order valence-electron chi connectivity index (χ2n) is 5.06. The summed E-state index contributed by atoms with van der Waals surface area (Å²) in [4.78, 5) is 26.5. The van der Waals surface area contributed by atoms with Crippen molar-refractivity contribution in [3.63, 3.8) is 0 Å². The Hall–Kier alpha value is -1.40. The highest BCUT2D eigenvalue weighted by Gasteiger charge is 2.23. The molecule has 21 heavy (non-hydrogen) atoms. The zero-order chi connectivity index (χ0) is 15.1. The third-order valence-corrected chi connectivity index (χ3v) is 4.40. The first kappa shape index (κ1) is 16.0. The molecule has 0 spiro atoms. The number of ether oxygens (including phenoxy) is 2. The largest absolute Gasteiger partial charge is 0.469 e. The van der Waals surface area contributed by atoms with Crippen LogP contribution in [0.25, 0.3) is 0 Å². The van der Waals surface area contributed by atoms with Crippen molar-refractivity contribution in [1.82, 2.24) is 4.90 Å². The molecule has 1 aliphatic heterocycles.